The summed E-state index contributed by atoms with van der Waals surface area (Å²) in [4.78, 5) is 17.8. The van der Waals surface area contributed by atoms with Crippen LogP contribution in [0.5, 0.6) is 17.2 Å². The van der Waals surface area contributed by atoms with Crippen LogP contribution in [-0.2, 0) is 24.6 Å². The molecule has 4 aromatic rings. The smallest absolute Gasteiger partial charge is 0.326 e. The predicted molar refractivity (Wildman–Crippen MR) is 202 cm³/mol. The molecule has 15 heteroatoms. The highest BCUT2D eigenvalue weighted by molar-refractivity contribution is 6.37. The van der Waals surface area contributed by atoms with Gasteiger partial charge in [0.25, 0.3) is 0 Å². The van der Waals surface area contributed by atoms with E-state index in [2.05, 4.69) is 10.3 Å². The van der Waals surface area contributed by atoms with Crippen molar-refractivity contribution in [1.82, 2.24) is 15.2 Å². The van der Waals surface area contributed by atoms with Crippen LogP contribution in [-0.4, -0.2) is 87.9 Å². The topological polar surface area (TPSA) is 178 Å². The molecule has 3 aromatic carbocycles. The Balaban J connectivity index is 1.52. The maximum Gasteiger partial charge on any atom is 0.326 e. The van der Waals surface area contributed by atoms with E-state index in [-0.39, 0.29) is 37.1 Å². The van der Waals surface area contributed by atoms with Crippen molar-refractivity contribution in [2.45, 2.75) is 44.7 Å². The van der Waals surface area contributed by atoms with E-state index in [0.717, 1.165) is 0 Å². The summed E-state index contributed by atoms with van der Waals surface area (Å²) in [5.74, 6) is -0.151. The number of hydrogen-bond acceptors (Lipinski definition) is 11. The first-order chi connectivity index (χ1) is 25.4. The molecule has 1 aromatic heterocycles. The highest BCUT2D eigenvalue weighted by atomic mass is 35.5. The van der Waals surface area contributed by atoms with Crippen molar-refractivity contribution in [3.63, 3.8) is 0 Å². The Hall–Kier alpha value is -4.16. The van der Waals surface area contributed by atoms with Gasteiger partial charge in [0.1, 0.15) is 42.1 Å². The Bertz CT molecular complexity index is 1910. The van der Waals surface area contributed by atoms with Gasteiger partial charge in [-0.05, 0) is 38.6 Å². The minimum absolute atomic E-state index is 0.0155. The number of nitrogens with zero attached hydrogens (tertiary/aromatic N) is 3. The predicted octanol–water partition coefficient (Wildman–Crippen LogP) is 5.72. The number of aromatic nitrogens is 1. The molecule has 0 bridgehead atoms. The van der Waals surface area contributed by atoms with Gasteiger partial charge in [0.05, 0.1) is 46.6 Å². The van der Waals surface area contributed by atoms with Gasteiger partial charge in [-0.3, -0.25) is 15.1 Å². The lowest BCUT2D eigenvalue weighted by molar-refractivity contribution is -0.145. The van der Waals surface area contributed by atoms with Crippen molar-refractivity contribution < 1.29 is 39.4 Å². The lowest BCUT2D eigenvalue weighted by Crippen LogP contribution is -2.52. The Morgan fingerprint density at radius 1 is 0.962 bits per heavy atom. The maximum absolute atomic E-state index is 11.8. The third-order valence-electron chi connectivity index (χ3n) is 8.28. The number of aliphatic hydroxyl groups excluding tert-OH is 3. The van der Waals surface area contributed by atoms with Crippen LogP contribution < -0.4 is 19.5 Å². The van der Waals surface area contributed by atoms with Crippen LogP contribution in [0.15, 0.2) is 67.0 Å². The summed E-state index contributed by atoms with van der Waals surface area (Å²) in [7, 11) is 1.86. The highest BCUT2D eigenvalue weighted by Crippen LogP contribution is 2.40. The molecule has 4 rings (SSSR count). The number of likely N-dealkylation sites (N-methyl/N-ethyl adjacent to an activating group) is 1. The summed E-state index contributed by atoms with van der Waals surface area (Å²) in [6, 6.07) is 17.8. The lowest BCUT2D eigenvalue weighted by atomic mass is 10.0. The number of halogens is 3. The first-order valence-electron chi connectivity index (χ1n) is 16.6. The number of benzene rings is 3. The molecule has 0 saturated heterocycles. The largest absolute Gasteiger partial charge is 0.492 e. The number of carbonyl (C=O) groups is 1. The SMILES string of the molecule is CN(CCCOc1cccc(-c2cccc(COc3cc(OCc4cncc(C#N)c4)c(CN[C@](C)(CO)C(=O)O)cc3Cl)c2Cl)c1Cl)C[C@H](O)CO. The molecule has 0 saturated carbocycles. The normalized spacial score (nSPS) is 12.9. The fraction of sp³-hybridized carbons (Fsp3) is 0.342. The van der Waals surface area contributed by atoms with Gasteiger partial charge in [-0.2, -0.15) is 5.26 Å². The lowest BCUT2D eigenvalue weighted by Gasteiger charge is -2.25. The standard InChI is InChI=1S/C38H41Cl3N4O8/c1-38(23-47,37(49)50)44-18-27-13-31(39)34(14-33(27)52-21-25-12-24(15-42)16-43-17-25)53-22-26-6-3-7-29(35(26)40)30-8-4-9-32(36(30)41)51-11-5-10-45(2)19-28(48)20-46/h3-4,6-9,12-14,16-17,28,44,46-48H,5,10-11,18-23H2,1-2H3,(H,49,50)/t28-,38+/m0/s1. The second-order valence-electron chi connectivity index (χ2n) is 12.5. The minimum atomic E-state index is -1.62. The quantitative estimate of drug-likeness (QED) is 0.0690. The van der Waals surface area contributed by atoms with Gasteiger partial charge in [-0.1, -0.05) is 65.1 Å². The molecule has 5 N–H and O–H groups in total. The Kier molecular flexibility index (Phi) is 15.5. The van der Waals surface area contributed by atoms with Crippen molar-refractivity contribution in [3.05, 3.63) is 104 Å². The molecule has 0 amide bonds. The van der Waals surface area contributed by atoms with E-state index >= 15 is 0 Å². The Labute approximate surface area is 323 Å². The molecule has 1 heterocycles. The molecule has 0 unspecified atom stereocenters. The Morgan fingerprint density at radius 2 is 1.68 bits per heavy atom. The number of ether oxygens (including phenoxy) is 3. The van der Waals surface area contributed by atoms with Gasteiger partial charge in [0.15, 0.2) is 0 Å². The van der Waals surface area contributed by atoms with Crippen LogP contribution in [0.4, 0.5) is 0 Å². The second kappa shape index (κ2) is 19.8. The third-order valence-corrected chi connectivity index (χ3v) is 9.41. The number of rotatable bonds is 20. The van der Waals surface area contributed by atoms with Gasteiger partial charge < -0.3 is 39.5 Å². The van der Waals surface area contributed by atoms with E-state index in [4.69, 9.17) is 54.1 Å². The van der Waals surface area contributed by atoms with Crippen molar-refractivity contribution in [2.24, 2.45) is 0 Å². The average molecular weight is 788 g/mol. The van der Waals surface area contributed by atoms with Gasteiger partial charge in [-0.25, -0.2) is 0 Å². The fourth-order valence-corrected chi connectivity index (χ4v) is 5.95. The average Bonchev–Trinajstić information content (AvgIpc) is 3.15. The zero-order valence-corrected chi connectivity index (χ0v) is 31.5. The van der Waals surface area contributed by atoms with Crippen molar-refractivity contribution in [3.8, 4) is 34.4 Å². The van der Waals surface area contributed by atoms with Crippen LogP contribution >= 0.6 is 34.8 Å². The molecule has 0 spiro atoms. The molecule has 2 atom stereocenters. The Morgan fingerprint density at radius 3 is 2.38 bits per heavy atom. The molecule has 0 aliphatic carbocycles. The highest BCUT2D eigenvalue weighted by Gasteiger charge is 2.32. The molecule has 0 radical (unpaired) electrons. The first kappa shape index (κ1) is 41.6. The van der Waals surface area contributed by atoms with E-state index in [1.54, 1.807) is 30.5 Å². The van der Waals surface area contributed by atoms with Gasteiger partial charge in [-0.15, -0.1) is 0 Å². The van der Waals surface area contributed by atoms with E-state index in [1.807, 2.05) is 48.3 Å². The summed E-state index contributed by atoms with van der Waals surface area (Å²) < 4.78 is 18.2. The minimum Gasteiger partial charge on any atom is -0.492 e. The number of aliphatic carboxylic acids is 1. The van der Waals surface area contributed by atoms with E-state index in [9.17, 15) is 25.4 Å². The summed E-state index contributed by atoms with van der Waals surface area (Å²) in [5.41, 5.74) is 1.84. The molecule has 12 nitrogen and oxygen atoms in total. The van der Waals surface area contributed by atoms with Gasteiger partial charge >= 0.3 is 5.97 Å². The van der Waals surface area contributed by atoms with E-state index in [1.165, 1.54) is 13.1 Å². The van der Waals surface area contributed by atoms with Crippen molar-refractivity contribution in [2.75, 3.05) is 40.0 Å². The van der Waals surface area contributed by atoms with Crippen LogP contribution in [0.1, 0.15) is 35.6 Å². The van der Waals surface area contributed by atoms with Crippen LogP contribution in [0.2, 0.25) is 15.1 Å². The third kappa shape index (κ3) is 11.4. The molecule has 0 aliphatic rings. The molecular formula is C38H41Cl3N4O8. The van der Waals surface area contributed by atoms with Crippen molar-refractivity contribution in [1.29, 1.82) is 5.26 Å². The summed E-state index contributed by atoms with van der Waals surface area (Å²) >= 11 is 20.4. The number of hydrogen-bond donors (Lipinski definition) is 5. The first-order valence-corrected chi connectivity index (χ1v) is 17.7. The number of carboxylic acids is 1. The van der Waals surface area contributed by atoms with Gasteiger partial charge in [0.2, 0.25) is 0 Å². The monoisotopic (exact) mass is 786 g/mol. The number of aliphatic hydroxyl groups is 3. The fourth-order valence-electron chi connectivity index (χ4n) is 5.15. The van der Waals surface area contributed by atoms with E-state index in [0.29, 0.717) is 81.0 Å². The maximum atomic E-state index is 11.8. The summed E-state index contributed by atoms with van der Waals surface area (Å²) in [6.45, 7) is 1.84. The zero-order chi connectivity index (χ0) is 38.5. The molecule has 0 aliphatic heterocycles. The molecule has 282 valence electrons. The second-order valence-corrected chi connectivity index (χ2v) is 13.7. The number of nitrogens with one attached hydrogen (secondary N) is 1. The molecule has 53 heavy (non-hydrogen) atoms. The van der Waals surface area contributed by atoms with Gasteiger partial charge in [0, 0.05) is 65.9 Å². The zero-order valence-electron chi connectivity index (χ0n) is 29.2. The number of nitriles is 1. The molecular weight excluding hydrogens is 747 g/mol. The number of pyridine rings is 1. The van der Waals surface area contributed by atoms with Crippen LogP contribution in [0.3, 0.4) is 0 Å². The summed E-state index contributed by atoms with van der Waals surface area (Å²) in [6.07, 6.45) is 2.88. The number of carboxylic acid groups (broad SMARTS) is 1. The van der Waals surface area contributed by atoms with Crippen molar-refractivity contribution >= 4 is 40.8 Å². The summed E-state index contributed by atoms with van der Waals surface area (Å²) in [5, 5.41) is 51.2. The van der Waals surface area contributed by atoms with E-state index < -0.39 is 24.2 Å². The molecule has 0 fully saturated rings. The van der Waals surface area contributed by atoms with Crippen LogP contribution in [0, 0.1) is 11.3 Å². The van der Waals surface area contributed by atoms with Crippen LogP contribution in [0.25, 0.3) is 11.1 Å².